The lowest BCUT2D eigenvalue weighted by Crippen LogP contribution is -2.63. The average Bonchev–Trinajstić information content (AvgIpc) is 3.63. The molecule has 1 spiro atoms. The summed E-state index contributed by atoms with van der Waals surface area (Å²) in [5, 5.41) is 30.8. The molecule has 0 bridgehead atoms. The van der Waals surface area contributed by atoms with E-state index in [9.17, 15) is 15.2 Å². The lowest BCUT2D eigenvalue weighted by atomic mass is 9.71. The van der Waals surface area contributed by atoms with Crippen molar-refractivity contribution >= 4 is 52.1 Å². The minimum atomic E-state index is -0.979. The summed E-state index contributed by atoms with van der Waals surface area (Å²) in [6.45, 7) is 11.7. The number of fused-ring (bicyclic) bond motifs is 1. The molecule has 0 unspecified atom stereocenters. The summed E-state index contributed by atoms with van der Waals surface area (Å²) in [5.74, 6) is 0.798. The predicted octanol–water partition coefficient (Wildman–Crippen LogP) is 3.33. The first kappa shape index (κ1) is 25.2. The number of carbonyl (C=O) groups is 1. The van der Waals surface area contributed by atoms with Gasteiger partial charge < -0.3 is 30.4 Å². The highest BCUT2D eigenvalue weighted by Gasteiger charge is 2.47. The molecule has 39 heavy (non-hydrogen) atoms. The van der Waals surface area contributed by atoms with Gasteiger partial charge >= 0.3 is 0 Å². The zero-order chi connectivity index (χ0) is 27.3. The molecule has 1 aliphatic carbocycles. The molecule has 2 aliphatic heterocycles. The Morgan fingerprint density at radius 3 is 2.72 bits per heavy atom. The van der Waals surface area contributed by atoms with Gasteiger partial charge in [0.25, 0.3) is 23.3 Å². The molecule has 6 rings (SSSR count). The number of halogens is 1. The molecule has 1 saturated carbocycles. The van der Waals surface area contributed by atoms with Crippen LogP contribution in [0.25, 0.3) is 10.5 Å². The minimum absolute atomic E-state index is 0.0566. The van der Waals surface area contributed by atoms with Crippen molar-refractivity contribution in [3.63, 3.8) is 0 Å². The molecule has 4 heterocycles. The fourth-order valence-corrected chi connectivity index (χ4v) is 5.63. The molecule has 2 aromatic heterocycles. The lowest BCUT2D eigenvalue weighted by molar-refractivity contribution is -0.153. The molecule has 12 nitrogen and oxygen atoms in total. The molecule has 3 aliphatic rings. The van der Waals surface area contributed by atoms with Crippen LogP contribution in [0.1, 0.15) is 38.2 Å². The van der Waals surface area contributed by atoms with Crippen molar-refractivity contribution < 1.29 is 9.90 Å². The van der Waals surface area contributed by atoms with Gasteiger partial charge in [-0.3, -0.25) is 4.79 Å². The molecular formula is C26H27ClN10O2. The van der Waals surface area contributed by atoms with Crippen molar-refractivity contribution in [2.45, 2.75) is 44.8 Å². The summed E-state index contributed by atoms with van der Waals surface area (Å²) < 4.78 is 1.45. The summed E-state index contributed by atoms with van der Waals surface area (Å²) >= 11 is 6.90. The maximum atomic E-state index is 12.1. The Labute approximate surface area is 230 Å². The molecule has 3 fully saturated rings. The van der Waals surface area contributed by atoms with Crippen LogP contribution in [0.15, 0.2) is 18.3 Å². The van der Waals surface area contributed by atoms with E-state index < -0.39 is 6.10 Å². The average molecular weight is 547 g/mol. The number of piperidine rings is 1. The van der Waals surface area contributed by atoms with Gasteiger partial charge in [-0.15, -0.1) is 4.52 Å². The van der Waals surface area contributed by atoms with E-state index in [1.54, 1.807) is 17.0 Å². The summed E-state index contributed by atoms with van der Waals surface area (Å²) in [6, 6.07) is 5.98. The van der Waals surface area contributed by atoms with Gasteiger partial charge in [-0.05, 0) is 44.7 Å². The number of imidazole rings is 1. The van der Waals surface area contributed by atoms with Crippen molar-refractivity contribution in [2.75, 3.05) is 41.7 Å². The topological polar surface area (TPSA) is 139 Å². The molecule has 13 heteroatoms. The first-order valence-corrected chi connectivity index (χ1v) is 13.3. The number of nitriles is 1. The molecule has 200 valence electrons. The van der Waals surface area contributed by atoms with E-state index in [4.69, 9.17) is 18.2 Å². The number of aliphatic hydroxyl groups excluding tert-OH is 1. The lowest BCUT2D eigenvalue weighted by Gasteiger charge is -2.54. The van der Waals surface area contributed by atoms with Gasteiger partial charge in [0.1, 0.15) is 6.10 Å². The fraction of sp³-hybridized carbons (Fsp3) is 0.462. The van der Waals surface area contributed by atoms with Gasteiger partial charge in [-0.1, -0.05) is 23.3 Å². The molecule has 0 radical (unpaired) electrons. The van der Waals surface area contributed by atoms with Crippen LogP contribution in [0, 0.1) is 23.3 Å². The largest absolute Gasteiger partial charge is 0.384 e. The molecule has 1 atom stereocenters. The summed E-state index contributed by atoms with van der Waals surface area (Å²) in [7, 11) is 0. The van der Waals surface area contributed by atoms with Crippen LogP contribution < -0.4 is 15.5 Å². The maximum Gasteiger partial charge on any atom is 0.275 e. The molecule has 1 aromatic carbocycles. The number of aromatic nitrogens is 4. The normalized spacial score (nSPS) is 18.8. The number of nitrogens with zero attached hydrogens (tertiary/aromatic N) is 8. The Balaban J connectivity index is 1.24. The molecule has 3 N–H and O–H groups in total. The van der Waals surface area contributed by atoms with Crippen molar-refractivity contribution in [2.24, 2.45) is 5.41 Å². The van der Waals surface area contributed by atoms with Gasteiger partial charge in [0.15, 0.2) is 5.82 Å². The van der Waals surface area contributed by atoms with Gasteiger partial charge in [0, 0.05) is 37.6 Å². The van der Waals surface area contributed by atoms with E-state index in [0.717, 1.165) is 44.5 Å². The second-order valence-electron chi connectivity index (χ2n) is 10.6. The predicted molar refractivity (Wildman–Crippen MR) is 145 cm³/mol. The van der Waals surface area contributed by atoms with Crippen molar-refractivity contribution in [3.05, 3.63) is 40.3 Å². The molecule has 2 saturated heterocycles. The monoisotopic (exact) mass is 546 g/mol. The number of rotatable bonds is 6. The SMILES string of the molecule is [C-]#[N+]c1cnc2c(NC3CC3)nc(Nc3cc(C#N)cc(N4CCC5(CC4)CN(C(=O)[C@@H](C)O)C5)c3Cl)nn12. The zero-order valence-corrected chi connectivity index (χ0v) is 22.1. The number of likely N-dealkylation sites (tertiary alicyclic amines) is 1. The standard InChI is InChI=1S/C26H27ClN10O2/c1-15(38)24(39)36-13-26(14-36)5-7-35(8-6-26)19-10-16(11-28)9-18(21(19)27)32-25-33-22(31-17-3-4-17)23-30-12-20(29-2)37(23)34-25/h9-10,12,15,17,38H,3-8,13-14H2,1H3,(H2,31,32,33,34)/t15-/m1/s1. The van der Waals surface area contributed by atoms with E-state index in [2.05, 4.69) is 41.5 Å². The Kier molecular flexibility index (Phi) is 6.17. The number of hydrogen-bond acceptors (Lipinski definition) is 9. The molecular weight excluding hydrogens is 520 g/mol. The van der Waals surface area contributed by atoms with Gasteiger partial charge in [0.2, 0.25) is 0 Å². The van der Waals surface area contributed by atoms with Crippen LogP contribution in [-0.2, 0) is 4.79 Å². The minimum Gasteiger partial charge on any atom is -0.384 e. The molecule has 1 amide bonds. The maximum absolute atomic E-state index is 12.1. The number of benzene rings is 1. The van der Waals surface area contributed by atoms with Crippen molar-refractivity contribution in [1.29, 1.82) is 5.26 Å². The first-order valence-electron chi connectivity index (χ1n) is 12.9. The van der Waals surface area contributed by atoms with E-state index in [-0.39, 0.29) is 23.1 Å². The third-order valence-electron chi connectivity index (χ3n) is 7.69. The molecule has 3 aromatic rings. The smallest absolute Gasteiger partial charge is 0.275 e. The Morgan fingerprint density at radius 1 is 1.33 bits per heavy atom. The fourth-order valence-electron chi connectivity index (χ4n) is 5.35. The van der Waals surface area contributed by atoms with Crippen molar-refractivity contribution in [3.8, 4) is 6.07 Å². The van der Waals surface area contributed by atoms with Gasteiger partial charge in [0.05, 0.1) is 34.2 Å². The van der Waals surface area contributed by atoms with Crippen LogP contribution in [0.5, 0.6) is 0 Å². The second-order valence-corrected chi connectivity index (χ2v) is 11.0. The van der Waals surface area contributed by atoms with E-state index in [1.165, 1.54) is 17.6 Å². The summed E-state index contributed by atoms with van der Waals surface area (Å²) in [5.41, 5.74) is 2.20. The first-order chi connectivity index (χ1) is 18.8. The van der Waals surface area contributed by atoms with Crippen LogP contribution >= 0.6 is 11.6 Å². The van der Waals surface area contributed by atoms with E-state index in [1.807, 2.05) is 0 Å². The number of nitrogens with one attached hydrogen (secondary N) is 2. The van der Waals surface area contributed by atoms with Crippen molar-refractivity contribution in [1.82, 2.24) is 24.5 Å². The van der Waals surface area contributed by atoms with Gasteiger partial charge in [-0.2, -0.15) is 10.2 Å². The van der Waals surface area contributed by atoms with Crippen LogP contribution in [0.3, 0.4) is 0 Å². The Hall–Kier alpha value is -4.13. The van der Waals surface area contributed by atoms with E-state index in [0.29, 0.717) is 46.9 Å². The summed E-state index contributed by atoms with van der Waals surface area (Å²) in [6.07, 6.45) is 4.32. The Morgan fingerprint density at radius 2 is 2.08 bits per heavy atom. The second kappa shape index (κ2) is 9.56. The number of hydrogen-bond donors (Lipinski definition) is 3. The van der Waals surface area contributed by atoms with Crippen LogP contribution in [0.2, 0.25) is 5.02 Å². The highest BCUT2D eigenvalue weighted by atomic mass is 35.5. The van der Waals surface area contributed by atoms with E-state index >= 15 is 0 Å². The van der Waals surface area contributed by atoms with Gasteiger partial charge in [-0.25, -0.2) is 4.98 Å². The number of amides is 1. The third-order valence-corrected chi connectivity index (χ3v) is 8.09. The Bertz CT molecular complexity index is 1530. The number of anilines is 4. The summed E-state index contributed by atoms with van der Waals surface area (Å²) in [4.78, 5) is 28.4. The third kappa shape index (κ3) is 4.67. The number of aliphatic hydroxyl groups is 1. The highest BCUT2D eigenvalue weighted by Crippen LogP contribution is 2.44. The highest BCUT2D eigenvalue weighted by molar-refractivity contribution is 6.36. The van der Waals surface area contributed by atoms with Crippen LogP contribution in [0.4, 0.5) is 29.0 Å². The quantitative estimate of drug-likeness (QED) is 0.397. The zero-order valence-electron chi connectivity index (χ0n) is 21.4. The van der Waals surface area contributed by atoms with Crippen LogP contribution in [-0.4, -0.2) is 73.8 Å². The number of carbonyl (C=O) groups excluding carboxylic acids is 1.